The SMILES string of the molecule is Cc1ccc(N2C(=O)C(N3C(=O)c4ccccc4C3=O)C2c2ccc(N(C)C)cc2)cc1Cl. The van der Waals surface area contributed by atoms with Crippen molar-refractivity contribution < 1.29 is 14.4 Å². The van der Waals surface area contributed by atoms with E-state index in [4.69, 9.17) is 11.6 Å². The van der Waals surface area contributed by atoms with Gasteiger partial charge in [0.05, 0.1) is 17.2 Å². The molecule has 6 nitrogen and oxygen atoms in total. The summed E-state index contributed by atoms with van der Waals surface area (Å²) in [5.74, 6) is -1.19. The van der Waals surface area contributed by atoms with Gasteiger partial charge >= 0.3 is 0 Å². The summed E-state index contributed by atoms with van der Waals surface area (Å²) in [4.78, 5) is 44.5. The van der Waals surface area contributed by atoms with Gasteiger partial charge in [-0.1, -0.05) is 41.9 Å². The standard InChI is InChI=1S/C26H22ClN3O3/c1-15-8-11-18(14-21(15)27)29-22(16-9-12-17(13-10-16)28(2)3)23(26(29)33)30-24(31)19-6-4-5-7-20(19)25(30)32/h4-14,22-23H,1-3H3. The van der Waals surface area contributed by atoms with E-state index in [1.807, 2.05) is 62.3 Å². The van der Waals surface area contributed by atoms with Gasteiger partial charge in [-0.3, -0.25) is 19.3 Å². The Hall–Kier alpha value is -3.64. The van der Waals surface area contributed by atoms with Gasteiger partial charge in [0.15, 0.2) is 0 Å². The molecule has 1 saturated heterocycles. The number of imide groups is 1. The van der Waals surface area contributed by atoms with Gasteiger partial charge in [-0.15, -0.1) is 0 Å². The van der Waals surface area contributed by atoms with Gasteiger partial charge in [0.2, 0.25) is 0 Å². The van der Waals surface area contributed by atoms with Crippen LogP contribution in [0, 0.1) is 6.92 Å². The number of benzene rings is 3. The molecule has 5 rings (SSSR count). The van der Waals surface area contributed by atoms with Crippen LogP contribution in [0.5, 0.6) is 0 Å². The molecule has 2 unspecified atom stereocenters. The van der Waals surface area contributed by atoms with Gasteiger partial charge in [-0.05, 0) is 54.4 Å². The zero-order valence-corrected chi connectivity index (χ0v) is 19.2. The lowest BCUT2D eigenvalue weighted by Crippen LogP contribution is -2.67. The zero-order chi connectivity index (χ0) is 23.4. The highest BCUT2D eigenvalue weighted by atomic mass is 35.5. The van der Waals surface area contributed by atoms with Crippen LogP contribution in [0.3, 0.4) is 0 Å². The second-order valence-electron chi connectivity index (χ2n) is 8.54. The lowest BCUT2D eigenvalue weighted by Gasteiger charge is -2.50. The highest BCUT2D eigenvalue weighted by Gasteiger charge is 2.57. The lowest BCUT2D eigenvalue weighted by atomic mass is 9.86. The summed E-state index contributed by atoms with van der Waals surface area (Å²) in [7, 11) is 3.90. The third-order valence-corrected chi connectivity index (χ3v) is 6.76. The molecule has 3 aromatic carbocycles. The maximum absolute atomic E-state index is 13.5. The fourth-order valence-electron chi connectivity index (χ4n) is 4.51. The van der Waals surface area contributed by atoms with E-state index in [0.29, 0.717) is 21.8 Å². The molecule has 3 amide bonds. The number of nitrogens with zero attached hydrogens (tertiary/aromatic N) is 3. The van der Waals surface area contributed by atoms with Crippen molar-refractivity contribution in [2.24, 2.45) is 0 Å². The van der Waals surface area contributed by atoms with E-state index in [0.717, 1.165) is 21.7 Å². The smallest absolute Gasteiger partial charge is 0.262 e. The third-order valence-electron chi connectivity index (χ3n) is 6.36. The normalized spacial score (nSPS) is 19.6. The summed E-state index contributed by atoms with van der Waals surface area (Å²) in [6.45, 7) is 1.89. The number of rotatable bonds is 4. The van der Waals surface area contributed by atoms with Crippen molar-refractivity contribution in [3.63, 3.8) is 0 Å². The summed E-state index contributed by atoms with van der Waals surface area (Å²) in [6, 6.07) is 18.4. The molecule has 3 aromatic rings. The van der Waals surface area contributed by atoms with Crippen LogP contribution < -0.4 is 9.80 Å². The van der Waals surface area contributed by atoms with Gasteiger partial charge in [0, 0.05) is 30.5 Å². The first-order valence-corrected chi connectivity index (χ1v) is 11.0. The fraction of sp³-hybridized carbons (Fsp3) is 0.192. The van der Waals surface area contributed by atoms with Crippen LogP contribution >= 0.6 is 11.6 Å². The van der Waals surface area contributed by atoms with Gasteiger partial charge in [-0.25, -0.2) is 0 Å². The first kappa shape index (κ1) is 21.2. The van der Waals surface area contributed by atoms with Gasteiger partial charge in [-0.2, -0.15) is 0 Å². The molecule has 2 aliphatic heterocycles. The molecule has 2 aliphatic rings. The van der Waals surface area contributed by atoms with Crippen LogP contribution in [0.1, 0.15) is 37.9 Å². The molecule has 2 heterocycles. The van der Waals surface area contributed by atoms with Crippen molar-refractivity contribution >= 4 is 40.7 Å². The molecular formula is C26H22ClN3O3. The molecule has 0 spiro atoms. The van der Waals surface area contributed by atoms with Crippen molar-refractivity contribution in [3.05, 3.63) is 94.0 Å². The Morgan fingerprint density at radius 2 is 1.39 bits per heavy atom. The predicted molar refractivity (Wildman–Crippen MR) is 128 cm³/mol. The first-order chi connectivity index (χ1) is 15.8. The number of hydrogen-bond donors (Lipinski definition) is 0. The third kappa shape index (κ3) is 3.21. The Balaban J connectivity index is 1.59. The second kappa shape index (κ2) is 7.74. The average molecular weight is 460 g/mol. The molecule has 1 fully saturated rings. The number of carbonyl (C=O) groups excluding carboxylic acids is 3. The predicted octanol–water partition coefficient (Wildman–Crippen LogP) is 4.47. The minimum Gasteiger partial charge on any atom is -0.378 e. The summed E-state index contributed by atoms with van der Waals surface area (Å²) in [5.41, 5.74) is 4.02. The number of carbonyl (C=O) groups is 3. The molecule has 0 bridgehead atoms. The van der Waals surface area contributed by atoms with Crippen LogP contribution in [-0.4, -0.2) is 42.8 Å². The lowest BCUT2D eigenvalue weighted by molar-refractivity contribution is -0.130. The molecule has 0 aromatic heterocycles. The molecule has 0 radical (unpaired) electrons. The van der Waals surface area contributed by atoms with Crippen LogP contribution in [-0.2, 0) is 4.79 Å². The largest absolute Gasteiger partial charge is 0.378 e. The van der Waals surface area contributed by atoms with Crippen LogP contribution in [0.4, 0.5) is 11.4 Å². The topological polar surface area (TPSA) is 60.9 Å². The Kier molecular flexibility index (Phi) is 4.98. The molecule has 166 valence electrons. The Labute approximate surface area is 197 Å². The quantitative estimate of drug-likeness (QED) is 0.426. The van der Waals surface area contributed by atoms with Crippen molar-refractivity contribution in [2.45, 2.75) is 19.0 Å². The Morgan fingerprint density at radius 1 is 0.788 bits per heavy atom. The number of anilines is 2. The average Bonchev–Trinajstić information content (AvgIpc) is 3.05. The molecule has 2 atom stereocenters. The van der Waals surface area contributed by atoms with Gasteiger partial charge in [0.25, 0.3) is 17.7 Å². The number of aryl methyl sites for hydroxylation is 1. The van der Waals surface area contributed by atoms with Crippen LogP contribution in [0.15, 0.2) is 66.7 Å². The minimum atomic E-state index is -0.928. The molecule has 33 heavy (non-hydrogen) atoms. The van der Waals surface area contributed by atoms with E-state index in [9.17, 15) is 14.4 Å². The summed E-state index contributed by atoms with van der Waals surface area (Å²) in [6.07, 6.45) is 0. The van der Waals surface area contributed by atoms with Crippen LogP contribution in [0.25, 0.3) is 0 Å². The first-order valence-electron chi connectivity index (χ1n) is 10.6. The van der Waals surface area contributed by atoms with E-state index < -0.39 is 23.9 Å². The van der Waals surface area contributed by atoms with Gasteiger partial charge < -0.3 is 9.80 Å². The monoisotopic (exact) mass is 459 g/mol. The minimum absolute atomic E-state index is 0.314. The number of amides is 3. The van der Waals surface area contributed by atoms with Crippen molar-refractivity contribution in [2.75, 3.05) is 23.9 Å². The Bertz CT molecular complexity index is 1270. The molecule has 0 saturated carbocycles. The molecule has 0 N–H and O–H groups in total. The maximum Gasteiger partial charge on any atom is 0.262 e. The Morgan fingerprint density at radius 3 is 1.94 bits per heavy atom. The second-order valence-corrected chi connectivity index (χ2v) is 8.95. The highest BCUT2D eigenvalue weighted by Crippen LogP contribution is 2.45. The van der Waals surface area contributed by atoms with E-state index in [1.165, 1.54) is 0 Å². The number of hydrogen-bond acceptors (Lipinski definition) is 4. The van der Waals surface area contributed by atoms with Crippen molar-refractivity contribution in [1.82, 2.24) is 4.90 Å². The maximum atomic E-state index is 13.5. The summed E-state index contributed by atoms with van der Waals surface area (Å²) in [5, 5.41) is 0.547. The van der Waals surface area contributed by atoms with Gasteiger partial charge in [0.1, 0.15) is 6.04 Å². The molecule has 7 heteroatoms. The van der Waals surface area contributed by atoms with E-state index in [-0.39, 0.29) is 5.91 Å². The molecular weight excluding hydrogens is 438 g/mol. The summed E-state index contributed by atoms with van der Waals surface area (Å²) < 4.78 is 0. The summed E-state index contributed by atoms with van der Waals surface area (Å²) >= 11 is 6.34. The number of β-lactam (4-membered cyclic amide) rings is 1. The number of fused-ring (bicyclic) bond motifs is 1. The van der Waals surface area contributed by atoms with E-state index >= 15 is 0 Å². The van der Waals surface area contributed by atoms with E-state index in [2.05, 4.69) is 0 Å². The number of halogens is 1. The molecule has 0 aliphatic carbocycles. The van der Waals surface area contributed by atoms with Crippen molar-refractivity contribution in [1.29, 1.82) is 0 Å². The van der Waals surface area contributed by atoms with E-state index in [1.54, 1.807) is 35.2 Å². The highest BCUT2D eigenvalue weighted by molar-refractivity contribution is 6.32. The zero-order valence-electron chi connectivity index (χ0n) is 18.4. The fourth-order valence-corrected chi connectivity index (χ4v) is 4.68. The van der Waals surface area contributed by atoms with Crippen molar-refractivity contribution in [3.8, 4) is 0 Å². The van der Waals surface area contributed by atoms with Crippen LogP contribution in [0.2, 0.25) is 5.02 Å².